The van der Waals surface area contributed by atoms with Crippen LogP contribution in [0.15, 0.2) is 36.7 Å². The number of pyridine rings is 1. The van der Waals surface area contributed by atoms with Crippen LogP contribution in [-0.2, 0) is 0 Å². The summed E-state index contributed by atoms with van der Waals surface area (Å²) in [5, 5.41) is 6.10. The third kappa shape index (κ3) is 4.62. The molecule has 6 nitrogen and oxygen atoms in total. The number of hydrogen-bond acceptors (Lipinski definition) is 5. The molecule has 1 heterocycles. The van der Waals surface area contributed by atoms with Crippen molar-refractivity contribution < 1.29 is 14.3 Å². The number of ether oxygens (including phenoxy) is 2. The summed E-state index contributed by atoms with van der Waals surface area (Å²) in [6.07, 6.45) is 5.22. The Hall–Kier alpha value is -2.76. The molecule has 0 saturated carbocycles. The van der Waals surface area contributed by atoms with E-state index in [1.807, 2.05) is 18.2 Å². The molecular weight excluding hydrogens is 306 g/mol. The lowest BCUT2D eigenvalue weighted by Crippen LogP contribution is -2.24. The highest BCUT2D eigenvalue weighted by Gasteiger charge is 2.08. The van der Waals surface area contributed by atoms with Gasteiger partial charge in [-0.2, -0.15) is 0 Å². The molecule has 0 aliphatic heterocycles. The predicted octanol–water partition coefficient (Wildman–Crippen LogP) is 3.37. The van der Waals surface area contributed by atoms with Gasteiger partial charge >= 0.3 is 0 Å². The summed E-state index contributed by atoms with van der Waals surface area (Å²) >= 11 is 0. The van der Waals surface area contributed by atoms with E-state index in [9.17, 15) is 4.79 Å². The van der Waals surface area contributed by atoms with Gasteiger partial charge in [-0.15, -0.1) is 0 Å². The Balaban J connectivity index is 2.10. The molecule has 0 atom stereocenters. The highest BCUT2D eigenvalue weighted by atomic mass is 16.5. The molecule has 0 aliphatic carbocycles. The lowest BCUT2D eigenvalue weighted by Gasteiger charge is -2.12. The van der Waals surface area contributed by atoms with Crippen molar-refractivity contribution in [3.63, 3.8) is 0 Å². The van der Waals surface area contributed by atoms with Crippen LogP contribution < -0.4 is 20.1 Å². The van der Waals surface area contributed by atoms with Gasteiger partial charge in [0.25, 0.3) is 5.91 Å². The van der Waals surface area contributed by atoms with Crippen molar-refractivity contribution in [1.82, 2.24) is 10.3 Å². The van der Waals surface area contributed by atoms with Crippen LogP contribution in [0.1, 0.15) is 30.1 Å². The topological polar surface area (TPSA) is 72.5 Å². The number of anilines is 2. The third-order valence-electron chi connectivity index (χ3n) is 3.49. The first-order valence-corrected chi connectivity index (χ1v) is 7.90. The van der Waals surface area contributed by atoms with Crippen molar-refractivity contribution in [1.29, 1.82) is 0 Å². The van der Waals surface area contributed by atoms with Crippen molar-refractivity contribution in [2.75, 3.05) is 26.1 Å². The summed E-state index contributed by atoms with van der Waals surface area (Å²) in [5.74, 6) is 1.17. The highest BCUT2D eigenvalue weighted by molar-refractivity contribution is 5.94. The van der Waals surface area contributed by atoms with E-state index in [0.29, 0.717) is 23.6 Å². The fraction of sp³-hybridized carbons (Fsp3) is 0.333. The van der Waals surface area contributed by atoms with Gasteiger partial charge in [0.15, 0.2) is 11.5 Å². The average Bonchev–Trinajstić information content (AvgIpc) is 2.62. The maximum absolute atomic E-state index is 12.1. The lowest BCUT2D eigenvalue weighted by atomic mass is 10.2. The summed E-state index contributed by atoms with van der Waals surface area (Å²) in [6, 6.07) is 7.28. The second kappa shape index (κ2) is 8.76. The van der Waals surface area contributed by atoms with Crippen LogP contribution in [0.3, 0.4) is 0 Å². The molecular formula is C18H23N3O3. The largest absolute Gasteiger partial charge is 0.493 e. The van der Waals surface area contributed by atoms with Gasteiger partial charge in [-0.3, -0.25) is 9.78 Å². The highest BCUT2D eigenvalue weighted by Crippen LogP contribution is 2.31. The number of unbranched alkanes of at least 4 members (excludes halogenated alkanes) is 1. The van der Waals surface area contributed by atoms with Crippen LogP contribution in [0.25, 0.3) is 0 Å². The molecule has 6 heteroatoms. The monoisotopic (exact) mass is 329 g/mol. The van der Waals surface area contributed by atoms with Gasteiger partial charge < -0.3 is 20.1 Å². The van der Waals surface area contributed by atoms with Crippen LogP contribution in [0.5, 0.6) is 11.5 Å². The molecule has 0 saturated heterocycles. The molecule has 2 aromatic rings. The van der Waals surface area contributed by atoms with Crippen molar-refractivity contribution in [2.45, 2.75) is 19.8 Å². The van der Waals surface area contributed by atoms with Crippen molar-refractivity contribution in [3.8, 4) is 11.5 Å². The summed E-state index contributed by atoms with van der Waals surface area (Å²) < 4.78 is 10.5. The van der Waals surface area contributed by atoms with Crippen molar-refractivity contribution >= 4 is 17.3 Å². The zero-order valence-corrected chi connectivity index (χ0v) is 14.3. The van der Waals surface area contributed by atoms with Gasteiger partial charge in [-0.25, -0.2) is 0 Å². The maximum Gasteiger partial charge on any atom is 0.252 e. The first kappa shape index (κ1) is 17.6. The Labute approximate surface area is 142 Å². The molecule has 1 aromatic heterocycles. The second-order valence-corrected chi connectivity index (χ2v) is 5.27. The summed E-state index contributed by atoms with van der Waals surface area (Å²) in [4.78, 5) is 16.2. The minimum absolute atomic E-state index is 0.119. The van der Waals surface area contributed by atoms with E-state index in [0.717, 1.165) is 24.2 Å². The molecule has 0 aliphatic rings. The number of nitrogens with zero attached hydrogens (tertiary/aromatic N) is 1. The van der Waals surface area contributed by atoms with Crippen LogP contribution in [0, 0.1) is 0 Å². The number of methoxy groups -OCH3 is 2. The zero-order valence-electron chi connectivity index (χ0n) is 14.3. The van der Waals surface area contributed by atoms with Gasteiger partial charge in [0.1, 0.15) is 0 Å². The van der Waals surface area contributed by atoms with Gasteiger partial charge in [-0.1, -0.05) is 13.3 Å². The van der Waals surface area contributed by atoms with Crippen LogP contribution >= 0.6 is 0 Å². The standard InChI is InChI=1S/C18H23N3O3/c1-4-5-8-20-18(22)13-9-15(12-19-11-13)21-14-6-7-16(23-2)17(10-14)24-3/h6-7,9-12,21H,4-5,8H2,1-3H3,(H,20,22). The Kier molecular flexibility index (Phi) is 6.42. The number of nitrogens with one attached hydrogen (secondary N) is 2. The molecule has 0 radical (unpaired) electrons. The van der Waals surface area contributed by atoms with Crippen molar-refractivity contribution in [3.05, 3.63) is 42.2 Å². The predicted molar refractivity (Wildman–Crippen MR) is 94.3 cm³/mol. The first-order chi connectivity index (χ1) is 11.7. The van der Waals surface area contributed by atoms with Gasteiger partial charge in [0.05, 0.1) is 31.7 Å². The van der Waals surface area contributed by atoms with E-state index in [2.05, 4.69) is 22.5 Å². The molecule has 0 fully saturated rings. The zero-order chi connectivity index (χ0) is 17.4. The second-order valence-electron chi connectivity index (χ2n) is 5.27. The molecule has 2 N–H and O–H groups in total. The SMILES string of the molecule is CCCCNC(=O)c1cncc(Nc2ccc(OC)c(OC)c2)c1. The van der Waals surface area contributed by atoms with Gasteiger partial charge in [0.2, 0.25) is 0 Å². The van der Waals surface area contributed by atoms with E-state index >= 15 is 0 Å². The molecule has 0 unspecified atom stereocenters. The maximum atomic E-state index is 12.1. The van der Waals surface area contributed by atoms with Crippen molar-refractivity contribution in [2.24, 2.45) is 0 Å². The van der Waals surface area contributed by atoms with Crippen LogP contribution in [0.4, 0.5) is 11.4 Å². The number of carbonyl (C=O) groups is 1. The number of carbonyl (C=O) groups excluding carboxylic acids is 1. The van der Waals surface area contributed by atoms with E-state index in [-0.39, 0.29) is 5.91 Å². The molecule has 24 heavy (non-hydrogen) atoms. The number of aromatic nitrogens is 1. The average molecular weight is 329 g/mol. The smallest absolute Gasteiger partial charge is 0.252 e. The molecule has 1 aromatic carbocycles. The first-order valence-electron chi connectivity index (χ1n) is 7.90. The Morgan fingerprint density at radius 1 is 1.08 bits per heavy atom. The number of benzene rings is 1. The van der Waals surface area contributed by atoms with E-state index in [1.54, 1.807) is 32.7 Å². The fourth-order valence-electron chi connectivity index (χ4n) is 2.19. The molecule has 2 rings (SSSR count). The third-order valence-corrected chi connectivity index (χ3v) is 3.49. The Bertz CT molecular complexity index is 689. The van der Waals surface area contributed by atoms with Gasteiger partial charge in [-0.05, 0) is 24.6 Å². The Morgan fingerprint density at radius 3 is 2.58 bits per heavy atom. The normalized spacial score (nSPS) is 10.1. The summed E-state index contributed by atoms with van der Waals surface area (Å²) in [7, 11) is 3.18. The van der Waals surface area contributed by atoms with E-state index < -0.39 is 0 Å². The number of hydrogen-bond donors (Lipinski definition) is 2. The molecule has 0 spiro atoms. The van der Waals surface area contributed by atoms with Crippen LogP contribution in [-0.4, -0.2) is 31.7 Å². The summed E-state index contributed by atoms with van der Waals surface area (Å²) in [6.45, 7) is 2.75. The molecule has 0 bridgehead atoms. The minimum Gasteiger partial charge on any atom is -0.493 e. The fourth-order valence-corrected chi connectivity index (χ4v) is 2.19. The number of amides is 1. The van der Waals surface area contributed by atoms with E-state index in [4.69, 9.17) is 9.47 Å². The Morgan fingerprint density at radius 2 is 1.88 bits per heavy atom. The van der Waals surface area contributed by atoms with Crippen LogP contribution in [0.2, 0.25) is 0 Å². The quantitative estimate of drug-likeness (QED) is 0.727. The minimum atomic E-state index is -0.119. The molecule has 1 amide bonds. The number of rotatable bonds is 8. The van der Waals surface area contributed by atoms with Gasteiger partial charge in [0, 0.05) is 24.5 Å². The lowest BCUT2D eigenvalue weighted by molar-refractivity contribution is 0.0953. The molecule has 128 valence electrons. The summed E-state index contributed by atoms with van der Waals surface area (Å²) in [5.41, 5.74) is 2.07. The van der Waals surface area contributed by atoms with E-state index in [1.165, 1.54) is 0 Å².